The van der Waals surface area contributed by atoms with Crippen LogP contribution in [0.3, 0.4) is 0 Å². The van der Waals surface area contributed by atoms with Gasteiger partial charge in [0.25, 0.3) is 0 Å². The molecule has 1 aromatic carbocycles. The molecule has 0 amide bonds. The Labute approximate surface area is 107 Å². The summed E-state index contributed by atoms with van der Waals surface area (Å²) < 4.78 is 0. The van der Waals surface area contributed by atoms with E-state index in [4.69, 9.17) is 11.6 Å². The molecule has 2 N–H and O–H groups in total. The van der Waals surface area contributed by atoms with Gasteiger partial charge in [-0.25, -0.2) is 0 Å². The van der Waals surface area contributed by atoms with Gasteiger partial charge in [0.15, 0.2) is 0 Å². The van der Waals surface area contributed by atoms with E-state index in [1.54, 1.807) is 6.07 Å². The van der Waals surface area contributed by atoms with E-state index in [2.05, 4.69) is 4.90 Å². The molecule has 94 valence electrons. The predicted molar refractivity (Wildman–Crippen MR) is 69.4 cm³/mol. The highest BCUT2D eigenvalue weighted by Gasteiger charge is 2.28. The fraction of sp³-hybridized carbons (Fsp3) is 0.538. The van der Waals surface area contributed by atoms with Gasteiger partial charge >= 0.3 is 0 Å². The van der Waals surface area contributed by atoms with Gasteiger partial charge in [-0.05, 0) is 38.0 Å². The standard InChI is InChI=1S/C13H18ClNO2/c1-13(17)4-6-15(7-5-13)12-3-2-11(14)8-10(12)9-16/h2-3,8,16-17H,4-7,9H2,1H3. The second-order valence-electron chi connectivity index (χ2n) is 4.92. The number of aliphatic hydroxyl groups excluding tert-OH is 1. The third kappa shape index (κ3) is 2.92. The number of hydrogen-bond acceptors (Lipinski definition) is 3. The fourth-order valence-electron chi connectivity index (χ4n) is 2.22. The second kappa shape index (κ2) is 4.84. The van der Waals surface area contributed by atoms with Crippen molar-refractivity contribution < 1.29 is 10.2 Å². The lowest BCUT2D eigenvalue weighted by Crippen LogP contribution is -2.42. The molecule has 0 aromatic heterocycles. The molecular formula is C13H18ClNO2. The molecule has 3 nitrogen and oxygen atoms in total. The van der Waals surface area contributed by atoms with E-state index < -0.39 is 5.60 Å². The minimum atomic E-state index is -0.553. The lowest BCUT2D eigenvalue weighted by molar-refractivity contribution is 0.0351. The average molecular weight is 256 g/mol. The minimum absolute atomic E-state index is 0.0111. The molecule has 0 aliphatic carbocycles. The Kier molecular flexibility index (Phi) is 3.61. The van der Waals surface area contributed by atoms with Gasteiger partial charge in [-0.15, -0.1) is 0 Å². The maximum absolute atomic E-state index is 9.91. The summed E-state index contributed by atoms with van der Waals surface area (Å²) in [6.07, 6.45) is 1.50. The van der Waals surface area contributed by atoms with Crippen LogP contribution in [0.5, 0.6) is 0 Å². The van der Waals surface area contributed by atoms with Crippen molar-refractivity contribution in [3.05, 3.63) is 28.8 Å². The number of rotatable bonds is 2. The van der Waals surface area contributed by atoms with Crippen LogP contribution in [-0.2, 0) is 6.61 Å². The van der Waals surface area contributed by atoms with Gasteiger partial charge in [0.2, 0.25) is 0 Å². The van der Waals surface area contributed by atoms with Crippen molar-refractivity contribution in [2.75, 3.05) is 18.0 Å². The summed E-state index contributed by atoms with van der Waals surface area (Å²) in [6, 6.07) is 5.57. The third-order valence-electron chi connectivity index (χ3n) is 3.39. The molecule has 1 saturated heterocycles. The highest BCUT2D eigenvalue weighted by molar-refractivity contribution is 6.30. The van der Waals surface area contributed by atoms with E-state index in [0.717, 1.165) is 37.2 Å². The van der Waals surface area contributed by atoms with E-state index in [-0.39, 0.29) is 6.61 Å². The van der Waals surface area contributed by atoms with Gasteiger partial charge in [0.1, 0.15) is 0 Å². The van der Waals surface area contributed by atoms with E-state index >= 15 is 0 Å². The van der Waals surface area contributed by atoms with Crippen molar-refractivity contribution in [1.82, 2.24) is 0 Å². The molecule has 1 aromatic rings. The zero-order valence-electron chi connectivity index (χ0n) is 9.99. The van der Waals surface area contributed by atoms with Crippen LogP contribution in [0, 0.1) is 0 Å². The lowest BCUT2D eigenvalue weighted by Gasteiger charge is -2.37. The van der Waals surface area contributed by atoms with Crippen molar-refractivity contribution in [3.8, 4) is 0 Å². The van der Waals surface area contributed by atoms with Gasteiger partial charge < -0.3 is 15.1 Å². The van der Waals surface area contributed by atoms with Crippen molar-refractivity contribution in [2.45, 2.75) is 32.0 Å². The molecule has 0 saturated carbocycles. The van der Waals surface area contributed by atoms with Gasteiger partial charge in [0, 0.05) is 29.4 Å². The molecule has 2 rings (SSSR count). The molecule has 17 heavy (non-hydrogen) atoms. The number of benzene rings is 1. The van der Waals surface area contributed by atoms with Crippen molar-refractivity contribution in [1.29, 1.82) is 0 Å². The fourth-order valence-corrected chi connectivity index (χ4v) is 2.41. The van der Waals surface area contributed by atoms with Crippen LogP contribution in [0.4, 0.5) is 5.69 Å². The normalized spacial score (nSPS) is 19.4. The van der Waals surface area contributed by atoms with E-state index in [9.17, 15) is 10.2 Å². The van der Waals surface area contributed by atoms with E-state index in [0.29, 0.717) is 5.02 Å². The monoisotopic (exact) mass is 255 g/mol. The van der Waals surface area contributed by atoms with Crippen LogP contribution >= 0.6 is 11.6 Å². The van der Waals surface area contributed by atoms with Crippen LogP contribution < -0.4 is 4.90 Å². The summed E-state index contributed by atoms with van der Waals surface area (Å²) in [5, 5.41) is 19.9. The number of nitrogens with zero attached hydrogens (tertiary/aromatic N) is 1. The summed E-state index contributed by atoms with van der Waals surface area (Å²) in [5.41, 5.74) is 1.31. The second-order valence-corrected chi connectivity index (χ2v) is 5.35. The molecule has 4 heteroatoms. The quantitative estimate of drug-likeness (QED) is 0.851. The molecule has 0 bridgehead atoms. The summed E-state index contributed by atoms with van der Waals surface area (Å²) in [4.78, 5) is 2.19. The molecule has 1 heterocycles. The lowest BCUT2D eigenvalue weighted by atomic mass is 9.93. The molecule has 0 spiro atoms. The Morgan fingerprint density at radius 2 is 2.00 bits per heavy atom. The maximum Gasteiger partial charge on any atom is 0.0702 e. The number of anilines is 1. The van der Waals surface area contributed by atoms with Crippen molar-refractivity contribution in [3.63, 3.8) is 0 Å². The molecule has 0 unspecified atom stereocenters. The summed E-state index contributed by atoms with van der Waals surface area (Å²) in [6.45, 7) is 3.48. The number of piperidine rings is 1. The van der Waals surface area contributed by atoms with Gasteiger partial charge in [0.05, 0.1) is 12.2 Å². The van der Waals surface area contributed by atoms with Crippen LogP contribution in [0.1, 0.15) is 25.3 Å². The van der Waals surface area contributed by atoms with Crippen LogP contribution in [0.2, 0.25) is 5.02 Å². The highest BCUT2D eigenvalue weighted by Crippen LogP contribution is 2.29. The minimum Gasteiger partial charge on any atom is -0.392 e. The Morgan fingerprint density at radius 1 is 1.35 bits per heavy atom. The van der Waals surface area contributed by atoms with E-state index in [1.165, 1.54) is 0 Å². The maximum atomic E-state index is 9.91. The smallest absolute Gasteiger partial charge is 0.0702 e. The summed E-state index contributed by atoms with van der Waals surface area (Å²) in [5.74, 6) is 0. The topological polar surface area (TPSA) is 43.7 Å². The Morgan fingerprint density at radius 3 is 2.59 bits per heavy atom. The molecule has 0 radical (unpaired) electrons. The van der Waals surface area contributed by atoms with Crippen molar-refractivity contribution in [2.24, 2.45) is 0 Å². The van der Waals surface area contributed by atoms with Crippen LogP contribution in [0.25, 0.3) is 0 Å². The van der Waals surface area contributed by atoms with Gasteiger partial charge in [-0.3, -0.25) is 0 Å². The zero-order chi connectivity index (χ0) is 12.5. The number of halogens is 1. The Bertz CT molecular complexity index is 396. The first-order valence-corrected chi connectivity index (χ1v) is 6.26. The van der Waals surface area contributed by atoms with E-state index in [1.807, 2.05) is 19.1 Å². The predicted octanol–water partition coefficient (Wildman–Crippen LogP) is 2.18. The first-order valence-electron chi connectivity index (χ1n) is 5.88. The first-order chi connectivity index (χ1) is 8.02. The van der Waals surface area contributed by atoms with Crippen molar-refractivity contribution >= 4 is 17.3 Å². The summed E-state index contributed by atoms with van der Waals surface area (Å²) >= 11 is 5.91. The largest absolute Gasteiger partial charge is 0.392 e. The molecule has 1 aliphatic rings. The third-order valence-corrected chi connectivity index (χ3v) is 3.63. The Balaban J connectivity index is 2.18. The van der Waals surface area contributed by atoms with Crippen LogP contribution in [-0.4, -0.2) is 28.9 Å². The molecule has 0 atom stereocenters. The molecule has 1 aliphatic heterocycles. The van der Waals surface area contributed by atoms with Crippen LogP contribution in [0.15, 0.2) is 18.2 Å². The van der Waals surface area contributed by atoms with Gasteiger partial charge in [-0.2, -0.15) is 0 Å². The summed E-state index contributed by atoms with van der Waals surface area (Å²) in [7, 11) is 0. The van der Waals surface area contributed by atoms with Gasteiger partial charge in [-0.1, -0.05) is 11.6 Å². The number of hydrogen-bond donors (Lipinski definition) is 2. The zero-order valence-corrected chi connectivity index (χ0v) is 10.7. The highest BCUT2D eigenvalue weighted by atomic mass is 35.5. The molecular weight excluding hydrogens is 238 g/mol. The SMILES string of the molecule is CC1(O)CCN(c2ccc(Cl)cc2CO)CC1. The number of aliphatic hydroxyl groups is 2. The molecule has 1 fully saturated rings. The Hall–Kier alpha value is -0.770. The average Bonchev–Trinajstić information content (AvgIpc) is 2.29. The first kappa shape index (κ1) is 12.7.